The Morgan fingerprint density at radius 1 is 1.42 bits per heavy atom. The average molecular weight is 269 g/mol. The molecule has 6 heteroatoms. The zero-order chi connectivity index (χ0) is 13.7. The minimum absolute atomic E-state index is 0.294. The highest BCUT2D eigenvalue weighted by Crippen LogP contribution is 2.19. The first-order valence-electron chi connectivity index (χ1n) is 6.15. The van der Waals surface area contributed by atoms with E-state index in [1.165, 1.54) is 7.11 Å². The predicted molar refractivity (Wildman–Crippen MR) is 66.7 cm³/mol. The van der Waals surface area contributed by atoms with Gasteiger partial charge in [0.05, 0.1) is 12.6 Å². The Bertz CT molecular complexity index is 375. The van der Waals surface area contributed by atoms with Crippen molar-refractivity contribution in [2.45, 2.75) is 38.1 Å². The number of nitrogens with one attached hydrogen (secondary N) is 1. The summed E-state index contributed by atoms with van der Waals surface area (Å²) in [5.74, 6) is 0. The van der Waals surface area contributed by atoms with Gasteiger partial charge in [0.1, 0.15) is 0 Å². The van der Waals surface area contributed by atoms with E-state index < -0.39 is 19.0 Å². The van der Waals surface area contributed by atoms with Crippen LogP contribution in [0.5, 0.6) is 0 Å². The maximum atomic E-state index is 9.74. The molecule has 106 valence electrons. The fraction of sp³-hybridized carbons (Fsp3) is 0.538. The lowest BCUT2D eigenvalue weighted by molar-refractivity contribution is -0.189. The highest BCUT2D eigenvalue weighted by atomic mass is 16.7. The molecule has 1 heterocycles. The van der Waals surface area contributed by atoms with Crippen LogP contribution in [0.2, 0.25) is 0 Å². The molecule has 0 bridgehead atoms. The second-order valence-electron chi connectivity index (χ2n) is 4.35. The average Bonchev–Trinajstić information content (AvgIpc) is 2.77. The molecule has 1 aliphatic heterocycles. The maximum absolute atomic E-state index is 9.74. The van der Waals surface area contributed by atoms with Crippen molar-refractivity contribution < 1.29 is 24.4 Å². The van der Waals surface area contributed by atoms with Gasteiger partial charge in [-0.3, -0.25) is 5.32 Å². The normalized spacial score (nSPS) is 28.5. The van der Waals surface area contributed by atoms with Crippen molar-refractivity contribution in [2.24, 2.45) is 0 Å². The second-order valence-corrected chi connectivity index (χ2v) is 4.35. The van der Waals surface area contributed by atoms with Crippen LogP contribution in [-0.4, -0.2) is 42.4 Å². The summed E-state index contributed by atoms with van der Waals surface area (Å²) in [7, 11) is 1.48. The molecule has 3 N–H and O–H groups in total. The quantitative estimate of drug-likeness (QED) is 0.638. The van der Waals surface area contributed by atoms with Crippen molar-refractivity contribution in [2.75, 3.05) is 7.11 Å². The van der Waals surface area contributed by atoms with Crippen LogP contribution in [0, 0.1) is 0 Å². The van der Waals surface area contributed by atoms with Crippen molar-refractivity contribution in [3.8, 4) is 0 Å². The summed E-state index contributed by atoms with van der Waals surface area (Å²) >= 11 is 0. The number of hydrogen-bond acceptors (Lipinski definition) is 6. The first-order chi connectivity index (χ1) is 9.19. The Hall–Kier alpha value is -1.02. The molecular weight excluding hydrogens is 250 g/mol. The summed E-state index contributed by atoms with van der Waals surface area (Å²) in [6.45, 7) is 0.294. The number of aliphatic hydroxyl groups is 2. The molecule has 2 rings (SSSR count). The number of ether oxygens (including phenoxy) is 3. The first kappa shape index (κ1) is 14.4. The third-order valence-electron chi connectivity index (χ3n) is 2.91. The van der Waals surface area contributed by atoms with Gasteiger partial charge in [0, 0.05) is 13.5 Å². The van der Waals surface area contributed by atoms with Crippen LogP contribution in [0.4, 0.5) is 0 Å². The lowest BCUT2D eigenvalue weighted by Crippen LogP contribution is -2.44. The van der Waals surface area contributed by atoms with Crippen LogP contribution in [-0.2, 0) is 20.8 Å². The fourth-order valence-corrected chi connectivity index (χ4v) is 1.98. The minimum atomic E-state index is -1.14. The second kappa shape index (κ2) is 6.95. The highest BCUT2D eigenvalue weighted by Gasteiger charge is 2.35. The molecule has 1 saturated heterocycles. The van der Waals surface area contributed by atoms with E-state index in [0.29, 0.717) is 13.0 Å². The van der Waals surface area contributed by atoms with Crippen molar-refractivity contribution in [3.05, 3.63) is 35.9 Å². The Balaban J connectivity index is 1.76. The Kier molecular flexibility index (Phi) is 5.26. The van der Waals surface area contributed by atoms with E-state index in [1.54, 1.807) is 0 Å². The molecule has 1 aliphatic rings. The van der Waals surface area contributed by atoms with Gasteiger partial charge in [-0.1, -0.05) is 30.3 Å². The summed E-state index contributed by atoms with van der Waals surface area (Å²) in [4.78, 5) is 0. The van der Waals surface area contributed by atoms with Gasteiger partial charge in [-0.2, -0.15) is 0 Å². The van der Waals surface area contributed by atoms with Gasteiger partial charge >= 0.3 is 0 Å². The summed E-state index contributed by atoms with van der Waals surface area (Å²) in [6, 6.07) is 9.23. The van der Waals surface area contributed by atoms with Gasteiger partial charge < -0.3 is 24.4 Å². The molecule has 0 saturated carbocycles. The zero-order valence-corrected chi connectivity index (χ0v) is 10.7. The third kappa shape index (κ3) is 4.24. The van der Waals surface area contributed by atoms with Crippen molar-refractivity contribution in [1.29, 1.82) is 0 Å². The molecule has 0 aliphatic carbocycles. The van der Waals surface area contributed by atoms with E-state index in [0.717, 1.165) is 5.56 Å². The van der Waals surface area contributed by atoms with Gasteiger partial charge in [-0.05, 0) is 5.56 Å². The Morgan fingerprint density at radius 3 is 2.84 bits per heavy atom. The lowest BCUT2D eigenvalue weighted by Gasteiger charge is -2.21. The number of hydrogen-bond donors (Lipinski definition) is 3. The van der Waals surface area contributed by atoms with Crippen LogP contribution in [0.15, 0.2) is 30.3 Å². The molecule has 1 aromatic carbocycles. The monoisotopic (exact) mass is 269 g/mol. The predicted octanol–water partition coefficient (Wildman–Crippen LogP) is 0.148. The van der Waals surface area contributed by atoms with E-state index in [4.69, 9.17) is 14.2 Å². The Labute approximate surface area is 111 Å². The SMILES string of the molecule is CO[C@H]1OC(O)C[C@@H]1NC(O)OCc1ccccc1. The van der Waals surface area contributed by atoms with Crippen LogP contribution >= 0.6 is 0 Å². The molecule has 0 aromatic heterocycles. The summed E-state index contributed by atoms with van der Waals surface area (Å²) in [6.07, 6.45) is -2.28. The molecule has 19 heavy (non-hydrogen) atoms. The van der Waals surface area contributed by atoms with Crippen molar-refractivity contribution in [3.63, 3.8) is 0 Å². The molecule has 0 spiro atoms. The van der Waals surface area contributed by atoms with Gasteiger partial charge in [-0.25, -0.2) is 0 Å². The van der Waals surface area contributed by atoms with Gasteiger partial charge in [0.15, 0.2) is 12.6 Å². The first-order valence-corrected chi connectivity index (χ1v) is 6.15. The summed E-state index contributed by atoms with van der Waals surface area (Å²) in [5.41, 5.74) is 0.967. The van der Waals surface area contributed by atoms with Gasteiger partial charge in [0.2, 0.25) is 6.41 Å². The number of benzene rings is 1. The van der Waals surface area contributed by atoms with E-state index in [9.17, 15) is 10.2 Å². The molecule has 6 nitrogen and oxygen atoms in total. The minimum Gasteiger partial charge on any atom is -0.368 e. The number of aliphatic hydroxyl groups excluding tert-OH is 2. The molecule has 1 aromatic rings. The van der Waals surface area contributed by atoms with Crippen LogP contribution in [0.1, 0.15) is 12.0 Å². The highest BCUT2D eigenvalue weighted by molar-refractivity contribution is 5.13. The summed E-state index contributed by atoms with van der Waals surface area (Å²) < 4.78 is 15.4. The fourth-order valence-electron chi connectivity index (χ4n) is 1.98. The van der Waals surface area contributed by atoms with Crippen LogP contribution in [0.25, 0.3) is 0 Å². The van der Waals surface area contributed by atoms with Crippen LogP contribution in [0.3, 0.4) is 0 Å². The number of rotatable bonds is 6. The molecule has 0 radical (unpaired) electrons. The molecule has 2 unspecified atom stereocenters. The standard InChI is InChI=1S/C13H19NO5/c1-17-12-10(7-11(15)19-12)14-13(16)18-8-9-5-3-2-4-6-9/h2-6,10-16H,7-8H2,1H3/t10-,11?,12-,13?/m0/s1. The Morgan fingerprint density at radius 2 is 2.16 bits per heavy atom. The molecule has 1 fully saturated rings. The smallest absolute Gasteiger partial charge is 0.214 e. The van der Waals surface area contributed by atoms with Gasteiger partial charge in [0.25, 0.3) is 0 Å². The lowest BCUT2D eigenvalue weighted by atomic mass is 10.2. The van der Waals surface area contributed by atoms with E-state index in [1.807, 2.05) is 30.3 Å². The van der Waals surface area contributed by atoms with E-state index in [-0.39, 0.29) is 6.04 Å². The molecular formula is C13H19NO5. The van der Waals surface area contributed by atoms with Gasteiger partial charge in [-0.15, -0.1) is 0 Å². The number of methoxy groups -OCH3 is 1. The van der Waals surface area contributed by atoms with E-state index >= 15 is 0 Å². The molecule has 0 amide bonds. The zero-order valence-electron chi connectivity index (χ0n) is 10.7. The van der Waals surface area contributed by atoms with Crippen molar-refractivity contribution >= 4 is 0 Å². The third-order valence-corrected chi connectivity index (χ3v) is 2.91. The maximum Gasteiger partial charge on any atom is 0.214 e. The topological polar surface area (TPSA) is 80.2 Å². The van der Waals surface area contributed by atoms with Crippen LogP contribution < -0.4 is 5.32 Å². The van der Waals surface area contributed by atoms with E-state index in [2.05, 4.69) is 5.32 Å². The summed E-state index contributed by atoms with van der Waals surface area (Å²) in [5, 5.41) is 21.9. The largest absolute Gasteiger partial charge is 0.368 e. The van der Waals surface area contributed by atoms with Crippen molar-refractivity contribution in [1.82, 2.24) is 5.32 Å². The molecule has 4 atom stereocenters.